The summed E-state index contributed by atoms with van der Waals surface area (Å²) >= 11 is 0. The van der Waals surface area contributed by atoms with Crippen molar-refractivity contribution in [2.75, 3.05) is 12.4 Å². The lowest BCUT2D eigenvalue weighted by Crippen LogP contribution is -1.95. The van der Waals surface area contributed by atoms with Crippen molar-refractivity contribution in [3.8, 4) is 17.0 Å². The number of hydrogen-bond donors (Lipinski definition) is 1. The zero-order chi connectivity index (χ0) is 17.2. The van der Waals surface area contributed by atoms with Crippen LogP contribution in [0, 0.1) is 6.92 Å². The number of methoxy groups -OCH3 is 1. The van der Waals surface area contributed by atoms with Crippen LogP contribution in [0.4, 0.5) is 11.6 Å². The van der Waals surface area contributed by atoms with Crippen molar-refractivity contribution in [2.24, 2.45) is 0 Å². The molecule has 0 spiro atoms. The summed E-state index contributed by atoms with van der Waals surface area (Å²) in [5.41, 5.74) is 5.01. The Morgan fingerprint density at radius 3 is 2.40 bits per heavy atom. The van der Waals surface area contributed by atoms with Crippen molar-refractivity contribution in [1.29, 1.82) is 0 Å². The zero-order valence-corrected chi connectivity index (χ0v) is 14.1. The van der Waals surface area contributed by atoms with Gasteiger partial charge < -0.3 is 10.1 Å². The molecular weight excluding hydrogens is 312 g/mol. The van der Waals surface area contributed by atoms with Crippen molar-refractivity contribution in [3.63, 3.8) is 0 Å². The third-order valence-corrected chi connectivity index (χ3v) is 4.05. The standard InChI is InChI=1S/C20H18N4O/c1-14-6-10-16(11-7-14)21-20-22-19-5-3-4-18(24(19)23-20)15-8-12-17(25-2)13-9-15/h3-13H,1-2H3,(H,21,23). The summed E-state index contributed by atoms with van der Waals surface area (Å²) < 4.78 is 7.07. The molecule has 4 aromatic rings. The van der Waals surface area contributed by atoms with Gasteiger partial charge in [-0.25, -0.2) is 4.52 Å². The third kappa shape index (κ3) is 3.04. The van der Waals surface area contributed by atoms with E-state index in [1.165, 1.54) is 5.56 Å². The molecule has 0 unspecified atom stereocenters. The fraction of sp³-hybridized carbons (Fsp3) is 0.100. The summed E-state index contributed by atoms with van der Waals surface area (Å²) in [4.78, 5) is 4.57. The minimum atomic E-state index is 0.574. The maximum absolute atomic E-state index is 5.23. The highest BCUT2D eigenvalue weighted by atomic mass is 16.5. The number of nitrogens with one attached hydrogen (secondary N) is 1. The predicted octanol–water partition coefficient (Wildman–Crippen LogP) is 4.46. The van der Waals surface area contributed by atoms with Crippen molar-refractivity contribution in [3.05, 3.63) is 72.3 Å². The molecule has 0 bridgehead atoms. The molecule has 1 N–H and O–H groups in total. The van der Waals surface area contributed by atoms with E-state index in [0.29, 0.717) is 5.95 Å². The van der Waals surface area contributed by atoms with E-state index in [2.05, 4.69) is 34.5 Å². The SMILES string of the molecule is COc1ccc(-c2cccc3nc(Nc4ccc(C)cc4)nn23)cc1. The fourth-order valence-electron chi connectivity index (χ4n) is 2.70. The number of anilines is 2. The monoisotopic (exact) mass is 330 g/mol. The molecule has 2 aromatic heterocycles. The minimum absolute atomic E-state index is 0.574. The summed E-state index contributed by atoms with van der Waals surface area (Å²) in [7, 11) is 1.66. The van der Waals surface area contributed by atoms with Crippen LogP contribution >= 0.6 is 0 Å². The summed E-state index contributed by atoms with van der Waals surface area (Å²) in [5, 5.41) is 7.87. The van der Waals surface area contributed by atoms with Crippen LogP contribution in [0.3, 0.4) is 0 Å². The van der Waals surface area contributed by atoms with E-state index < -0.39 is 0 Å². The maximum atomic E-state index is 5.23. The molecule has 0 aliphatic carbocycles. The Labute approximate surface area is 145 Å². The van der Waals surface area contributed by atoms with Gasteiger partial charge in [0.05, 0.1) is 12.8 Å². The first kappa shape index (κ1) is 15.2. The number of fused-ring (bicyclic) bond motifs is 1. The largest absolute Gasteiger partial charge is 0.497 e. The number of aromatic nitrogens is 3. The van der Waals surface area contributed by atoms with Crippen molar-refractivity contribution in [2.45, 2.75) is 6.92 Å². The predicted molar refractivity (Wildman–Crippen MR) is 99.4 cm³/mol. The van der Waals surface area contributed by atoms with Gasteiger partial charge in [-0.3, -0.25) is 0 Å². The lowest BCUT2D eigenvalue weighted by molar-refractivity contribution is 0.415. The summed E-state index contributed by atoms with van der Waals surface area (Å²) in [6, 6.07) is 22.0. The molecule has 124 valence electrons. The Morgan fingerprint density at radius 2 is 1.68 bits per heavy atom. The molecule has 0 atom stereocenters. The molecule has 5 heteroatoms. The summed E-state index contributed by atoms with van der Waals surface area (Å²) in [6.45, 7) is 2.06. The second-order valence-corrected chi connectivity index (χ2v) is 5.84. The van der Waals surface area contributed by atoms with Gasteiger partial charge >= 0.3 is 0 Å². The van der Waals surface area contributed by atoms with Gasteiger partial charge in [0.1, 0.15) is 5.75 Å². The summed E-state index contributed by atoms with van der Waals surface area (Å²) in [6.07, 6.45) is 0. The van der Waals surface area contributed by atoms with Crippen LogP contribution in [-0.4, -0.2) is 21.7 Å². The lowest BCUT2D eigenvalue weighted by atomic mass is 10.1. The fourth-order valence-corrected chi connectivity index (χ4v) is 2.70. The van der Waals surface area contributed by atoms with E-state index in [4.69, 9.17) is 4.74 Å². The highest BCUT2D eigenvalue weighted by Crippen LogP contribution is 2.24. The van der Waals surface area contributed by atoms with Crippen LogP contribution in [0.5, 0.6) is 5.75 Å². The van der Waals surface area contributed by atoms with Crippen molar-refractivity contribution in [1.82, 2.24) is 14.6 Å². The number of hydrogen-bond acceptors (Lipinski definition) is 4. The van der Waals surface area contributed by atoms with Crippen LogP contribution < -0.4 is 10.1 Å². The molecule has 2 heterocycles. The molecule has 25 heavy (non-hydrogen) atoms. The first-order valence-corrected chi connectivity index (χ1v) is 8.07. The summed E-state index contributed by atoms with van der Waals surface area (Å²) in [5.74, 6) is 1.40. The highest BCUT2D eigenvalue weighted by molar-refractivity contribution is 5.65. The lowest BCUT2D eigenvalue weighted by Gasteiger charge is -2.05. The number of benzene rings is 2. The highest BCUT2D eigenvalue weighted by Gasteiger charge is 2.09. The Balaban J connectivity index is 1.71. The molecule has 0 saturated heterocycles. The topological polar surface area (TPSA) is 51.5 Å². The smallest absolute Gasteiger partial charge is 0.247 e. The maximum Gasteiger partial charge on any atom is 0.247 e. The van der Waals surface area contributed by atoms with Gasteiger partial charge in [0.2, 0.25) is 5.95 Å². The molecule has 0 fully saturated rings. The van der Waals surface area contributed by atoms with Gasteiger partial charge in [0.15, 0.2) is 5.65 Å². The number of nitrogens with zero attached hydrogens (tertiary/aromatic N) is 3. The van der Waals surface area contributed by atoms with Gasteiger partial charge in [-0.2, -0.15) is 4.98 Å². The number of aryl methyl sites for hydroxylation is 1. The first-order valence-electron chi connectivity index (χ1n) is 8.07. The molecule has 0 aliphatic heterocycles. The Hall–Kier alpha value is -3.34. The third-order valence-electron chi connectivity index (χ3n) is 4.05. The Morgan fingerprint density at radius 1 is 0.920 bits per heavy atom. The van der Waals surface area contributed by atoms with E-state index in [1.807, 2.05) is 59.1 Å². The van der Waals surface area contributed by atoms with Gasteiger partial charge in [-0.1, -0.05) is 23.8 Å². The quantitative estimate of drug-likeness (QED) is 0.600. The van der Waals surface area contributed by atoms with Crippen LogP contribution in [0.25, 0.3) is 16.9 Å². The van der Waals surface area contributed by atoms with Gasteiger partial charge in [0, 0.05) is 11.3 Å². The van der Waals surface area contributed by atoms with E-state index >= 15 is 0 Å². The van der Waals surface area contributed by atoms with Crippen molar-refractivity contribution >= 4 is 17.3 Å². The van der Waals surface area contributed by atoms with Crippen LogP contribution in [-0.2, 0) is 0 Å². The first-order chi connectivity index (χ1) is 12.2. The average Bonchev–Trinajstić information content (AvgIpc) is 3.06. The van der Waals surface area contributed by atoms with Crippen LogP contribution in [0.1, 0.15) is 5.56 Å². The minimum Gasteiger partial charge on any atom is -0.497 e. The second kappa shape index (κ2) is 6.28. The van der Waals surface area contributed by atoms with E-state index in [1.54, 1.807) is 7.11 Å². The van der Waals surface area contributed by atoms with Crippen LogP contribution in [0.15, 0.2) is 66.7 Å². The molecule has 4 rings (SSSR count). The van der Waals surface area contributed by atoms with Crippen molar-refractivity contribution < 1.29 is 4.74 Å². The normalized spacial score (nSPS) is 10.8. The Kier molecular flexibility index (Phi) is 3.82. The number of rotatable bonds is 4. The Bertz CT molecular complexity index is 1000. The average molecular weight is 330 g/mol. The molecule has 0 saturated carbocycles. The molecule has 0 aliphatic rings. The molecule has 0 radical (unpaired) electrons. The molecule has 0 amide bonds. The van der Waals surface area contributed by atoms with Gasteiger partial charge in [0.25, 0.3) is 0 Å². The van der Waals surface area contributed by atoms with Gasteiger partial charge in [-0.05, 0) is 55.5 Å². The second-order valence-electron chi connectivity index (χ2n) is 5.84. The van der Waals surface area contributed by atoms with E-state index in [-0.39, 0.29) is 0 Å². The molecular formula is C20H18N4O. The van der Waals surface area contributed by atoms with E-state index in [9.17, 15) is 0 Å². The van der Waals surface area contributed by atoms with Gasteiger partial charge in [-0.15, -0.1) is 5.10 Å². The molecule has 5 nitrogen and oxygen atoms in total. The number of ether oxygens (including phenoxy) is 1. The van der Waals surface area contributed by atoms with Crippen LogP contribution in [0.2, 0.25) is 0 Å². The van der Waals surface area contributed by atoms with E-state index in [0.717, 1.165) is 28.3 Å². The molecule has 2 aromatic carbocycles. The zero-order valence-electron chi connectivity index (χ0n) is 14.1. The number of pyridine rings is 1.